The lowest BCUT2D eigenvalue weighted by molar-refractivity contribution is 0.415. The molecule has 3 rings (SSSR count). The molecule has 0 atom stereocenters. The second-order valence-electron chi connectivity index (χ2n) is 5.33. The van der Waals surface area contributed by atoms with Crippen molar-refractivity contribution in [2.24, 2.45) is 0 Å². The zero-order valence-electron chi connectivity index (χ0n) is 12.9. The number of methoxy groups -OCH3 is 1. The molecule has 0 radical (unpaired) electrons. The van der Waals surface area contributed by atoms with Gasteiger partial charge in [0.05, 0.1) is 18.5 Å². The molecule has 1 N–H and O–H groups in total. The third-order valence-corrected chi connectivity index (χ3v) is 4.06. The molecule has 0 unspecified atom stereocenters. The summed E-state index contributed by atoms with van der Waals surface area (Å²) in [6, 6.07) is 14.4. The molecule has 112 valence electrons. The van der Waals surface area contributed by atoms with Gasteiger partial charge >= 0.3 is 0 Å². The van der Waals surface area contributed by atoms with Gasteiger partial charge < -0.3 is 9.72 Å². The van der Waals surface area contributed by atoms with Gasteiger partial charge in [-0.05, 0) is 62.0 Å². The average Bonchev–Trinajstić information content (AvgIpc) is 2.89. The highest BCUT2D eigenvalue weighted by Gasteiger charge is 2.11. The lowest BCUT2D eigenvalue weighted by Crippen LogP contribution is -2.00. The van der Waals surface area contributed by atoms with Crippen molar-refractivity contribution in [3.8, 4) is 22.7 Å². The van der Waals surface area contributed by atoms with Crippen LogP contribution in [0.5, 0.6) is 5.75 Å². The molecule has 3 nitrogen and oxygen atoms in total. The normalized spacial score (nSPS) is 10.7. The Hall–Kier alpha value is -2.33. The van der Waals surface area contributed by atoms with Gasteiger partial charge in [0.15, 0.2) is 4.77 Å². The average molecular weight is 310 g/mol. The van der Waals surface area contributed by atoms with Gasteiger partial charge in [0, 0.05) is 11.8 Å². The minimum absolute atomic E-state index is 0.692. The summed E-state index contributed by atoms with van der Waals surface area (Å²) in [5, 5.41) is 0. The van der Waals surface area contributed by atoms with Gasteiger partial charge in [0.2, 0.25) is 0 Å². The quantitative estimate of drug-likeness (QED) is 0.702. The number of H-pyrrole nitrogens is 1. The molecule has 1 aromatic heterocycles. The third kappa shape index (κ3) is 2.57. The topological polar surface area (TPSA) is 29.9 Å². The number of aryl methyl sites for hydroxylation is 2. The molecule has 0 fully saturated rings. The molecule has 0 bridgehead atoms. The molecular formula is C18H18N2OS. The van der Waals surface area contributed by atoms with Crippen molar-refractivity contribution < 1.29 is 4.74 Å². The van der Waals surface area contributed by atoms with Crippen molar-refractivity contribution in [2.75, 3.05) is 7.11 Å². The molecule has 0 saturated carbocycles. The smallest absolute Gasteiger partial charge is 0.182 e. The summed E-state index contributed by atoms with van der Waals surface area (Å²) in [6.07, 6.45) is 1.95. The van der Waals surface area contributed by atoms with Crippen molar-refractivity contribution in [3.05, 3.63) is 64.6 Å². The van der Waals surface area contributed by atoms with Crippen molar-refractivity contribution in [1.29, 1.82) is 0 Å². The van der Waals surface area contributed by atoms with Crippen LogP contribution in [0.25, 0.3) is 16.9 Å². The lowest BCUT2D eigenvalue weighted by Gasteiger charge is -2.12. The number of aromatic amines is 1. The Balaban J connectivity index is 2.16. The first-order valence-corrected chi connectivity index (χ1v) is 7.53. The van der Waals surface area contributed by atoms with E-state index in [1.807, 2.05) is 30.5 Å². The van der Waals surface area contributed by atoms with E-state index in [-0.39, 0.29) is 0 Å². The highest BCUT2D eigenvalue weighted by Crippen LogP contribution is 2.27. The molecule has 22 heavy (non-hydrogen) atoms. The number of aromatic nitrogens is 2. The highest BCUT2D eigenvalue weighted by atomic mass is 32.1. The Kier molecular flexibility index (Phi) is 3.86. The number of benzene rings is 2. The summed E-state index contributed by atoms with van der Waals surface area (Å²) in [5.74, 6) is 0.843. The molecule has 1 heterocycles. The van der Waals surface area contributed by atoms with Gasteiger partial charge in [0.25, 0.3) is 0 Å². The predicted molar refractivity (Wildman–Crippen MR) is 92.4 cm³/mol. The van der Waals surface area contributed by atoms with Crippen LogP contribution in [0, 0.1) is 18.6 Å². The molecule has 0 amide bonds. The Labute approximate surface area is 135 Å². The van der Waals surface area contributed by atoms with Crippen LogP contribution in [0.3, 0.4) is 0 Å². The molecule has 0 aliphatic heterocycles. The van der Waals surface area contributed by atoms with Gasteiger partial charge in [-0.3, -0.25) is 4.57 Å². The van der Waals surface area contributed by atoms with Gasteiger partial charge in [-0.1, -0.05) is 17.7 Å². The minimum atomic E-state index is 0.692. The summed E-state index contributed by atoms with van der Waals surface area (Å²) < 4.78 is 7.99. The maximum Gasteiger partial charge on any atom is 0.182 e. The minimum Gasteiger partial charge on any atom is -0.497 e. The molecule has 0 aliphatic carbocycles. The first-order valence-electron chi connectivity index (χ1n) is 7.12. The van der Waals surface area contributed by atoms with Crippen LogP contribution >= 0.6 is 12.2 Å². The summed E-state index contributed by atoms with van der Waals surface area (Å²) in [4.78, 5) is 3.15. The maximum atomic E-state index is 5.48. The summed E-state index contributed by atoms with van der Waals surface area (Å²) in [6.45, 7) is 4.20. The number of imidazole rings is 1. The van der Waals surface area contributed by atoms with E-state index in [0.29, 0.717) is 4.77 Å². The Bertz CT molecular complexity index is 860. The van der Waals surface area contributed by atoms with Crippen LogP contribution < -0.4 is 4.74 Å². The van der Waals surface area contributed by atoms with E-state index in [1.165, 1.54) is 11.1 Å². The van der Waals surface area contributed by atoms with Crippen LogP contribution in [0.1, 0.15) is 11.1 Å². The molecule has 0 aliphatic rings. The van der Waals surface area contributed by atoms with Gasteiger partial charge in [-0.15, -0.1) is 0 Å². The molecular weight excluding hydrogens is 292 g/mol. The third-order valence-electron chi connectivity index (χ3n) is 3.76. The first kappa shape index (κ1) is 14.6. The fraction of sp³-hybridized carbons (Fsp3) is 0.167. The number of nitrogens with one attached hydrogen (secondary N) is 1. The fourth-order valence-electron chi connectivity index (χ4n) is 2.64. The van der Waals surface area contributed by atoms with Crippen LogP contribution in [0.15, 0.2) is 48.7 Å². The summed E-state index contributed by atoms with van der Waals surface area (Å²) in [7, 11) is 1.67. The first-order chi connectivity index (χ1) is 10.6. The largest absolute Gasteiger partial charge is 0.497 e. The van der Waals surface area contributed by atoms with Crippen molar-refractivity contribution in [2.45, 2.75) is 13.8 Å². The number of hydrogen-bond acceptors (Lipinski definition) is 2. The molecule has 4 heteroatoms. The van der Waals surface area contributed by atoms with E-state index in [2.05, 4.69) is 41.6 Å². The zero-order chi connectivity index (χ0) is 15.7. The van der Waals surface area contributed by atoms with E-state index in [1.54, 1.807) is 7.11 Å². The van der Waals surface area contributed by atoms with E-state index in [0.717, 1.165) is 22.7 Å². The van der Waals surface area contributed by atoms with E-state index in [9.17, 15) is 0 Å². The standard InChI is InChI=1S/C18H18N2OS/c1-12-4-9-16(13(2)10-12)20-17(11-19-18(20)22)14-5-7-15(21-3)8-6-14/h4-11H,1-3H3,(H,19,22). The second-order valence-corrected chi connectivity index (χ2v) is 5.72. The summed E-state index contributed by atoms with van der Waals surface area (Å²) >= 11 is 5.48. The van der Waals surface area contributed by atoms with Crippen molar-refractivity contribution in [1.82, 2.24) is 9.55 Å². The highest BCUT2D eigenvalue weighted by molar-refractivity contribution is 7.71. The predicted octanol–water partition coefficient (Wildman–Crippen LogP) is 4.83. The van der Waals surface area contributed by atoms with Crippen molar-refractivity contribution >= 4 is 12.2 Å². The fourth-order valence-corrected chi connectivity index (χ4v) is 2.89. The monoisotopic (exact) mass is 310 g/mol. The van der Waals surface area contributed by atoms with E-state index in [4.69, 9.17) is 17.0 Å². The molecule has 2 aromatic carbocycles. The second kappa shape index (κ2) is 5.81. The van der Waals surface area contributed by atoms with Crippen LogP contribution in [0.2, 0.25) is 0 Å². The van der Waals surface area contributed by atoms with Crippen LogP contribution in [-0.4, -0.2) is 16.7 Å². The maximum absolute atomic E-state index is 5.48. The van der Waals surface area contributed by atoms with E-state index >= 15 is 0 Å². The Morgan fingerprint density at radius 2 is 1.77 bits per heavy atom. The number of hydrogen-bond donors (Lipinski definition) is 1. The van der Waals surface area contributed by atoms with Gasteiger partial charge in [0.1, 0.15) is 5.75 Å². The molecule has 0 spiro atoms. The van der Waals surface area contributed by atoms with Gasteiger partial charge in [-0.25, -0.2) is 0 Å². The molecule has 0 saturated heterocycles. The lowest BCUT2D eigenvalue weighted by atomic mass is 10.1. The van der Waals surface area contributed by atoms with Crippen LogP contribution in [0.4, 0.5) is 0 Å². The Morgan fingerprint density at radius 3 is 2.41 bits per heavy atom. The van der Waals surface area contributed by atoms with Gasteiger partial charge in [-0.2, -0.15) is 0 Å². The SMILES string of the molecule is COc1ccc(-c2c[nH]c(=S)n2-c2ccc(C)cc2C)cc1. The zero-order valence-corrected chi connectivity index (χ0v) is 13.7. The molecule has 3 aromatic rings. The number of rotatable bonds is 3. The summed E-state index contributed by atoms with van der Waals surface area (Å²) in [5.41, 5.74) is 5.68. The van der Waals surface area contributed by atoms with E-state index < -0.39 is 0 Å². The number of ether oxygens (including phenoxy) is 1. The van der Waals surface area contributed by atoms with Crippen LogP contribution in [-0.2, 0) is 0 Å². The number of nitrogens with zero attached hydrogens (tertiary/aromatic N) is 1. The van der Waals surface area contributed by atoms with Crippen molar-refractivity contribution in [3.63, 3.8) is 0 Å². The Morgan fingerprint density at radius 1 is 1.05 bits per heavy atom.